The number of hydrogen-bond acceptors (Lipinski definition) is 3. The summed E-state index contributed by atoms with van der Waals surface area (Å²) in [7, 11) is 0. The molecule has 1 heterocycles. The topological polar surface area (TPSA) is 59.2 Å². The van der Waals surface area contributed by atoms with Crippen LogP contribution in [0, 0.1) is 5.92 Å². The molecule has 0 aliphatic carbocycles. The molecular weight excluding hydrogens is 226 g/mol. The van der Waals surface area contributed by atoms with Crippen LogP contribution in [0.4, 0.5) is 0 Å². The molecule has 1 amide bonds. The molecule has 0 aromatic carbocycles. The van der Waals surface area contributed by atoms with Crippen molar-refractivity contribution in [2.75, 3.05) is 6.54 Å². The van der Waals surface area contributed by atoms with Crippen molar-refractivity contribution in [3.8, 4) is 0 Å². The molecule has 0 aliphatic heterocycles. The fourth-order valence-electron chi connectivity index (χ4n) is 1.74. The third-order valence-electron chi connectivity index (χ3n) is 2.73. The van der Waals surface area contributed by atoms with Crippen LogP contribution in [-0.4, -0.2) is 28.4 Å². The molecule has 0 saturated carbocycles. The van der Waals surface area contributed by atoms with Gasteiger partial charge in [0.1, 0.15) is 5.69 Å². The predicted molar refractivity (Wildman–Crippen MR) is 73.1 cm³/mol. The van der Waals surface area contributed by atoms with E-state index in [1.807, 2.05) is 24.8 Å². The summed E-state index contributed by atoms with van der Waals surface area (Å²) in [6.45, 7) is 9.45. The number of carbonyl (C=O) groups excluding carboxylic acids is 1. The lowest BCUT2D eigenvalue weighted by Gasteiger charge is -2.28. The summed E-state index contributed by atoms with van der Waals surface area (Å²) in [5.74, 6) is 0.432. The zero-order valence-electron chi connectivity index (χ0n) is 11.7. The van der Waals surface area contributed by atoms with Crippen LogP contribution >= 0.6 is 0 Å². The molecule has 2 N–H and O–H groups in total. The Bertz CT molecular complexity index is 385. The first-order valence-corrected chi connectivity index (χ1v) is 6.41. The summed E-state index contributed by atoms with van der Waals surface area (Å²) in [5, 5.41) is 0. The Hall–Kier alpha value is -1.42. The molecule has 0 radical (unpaired) electrons. The Morgan fingerprint density at radius 1 is 1.33 bits per heavy atom. The van der Waals surface area contributed by atoms with Gasteiger partial charge < -0.3 is 10.6 Å². The Morgan fingerprint density at radius 2 is 2.00 bits per heavy atom. The molecule has 4 heteroatoms. The molecule has 100 valence electrons. The van der Waals surface area contributed by atoms with Crippen LogP contribution in [0.2, 0.25) is 0 Å². The average molecular weight is 249 g/mol. The number of rotatable bonds is 5. The lowest BCUT2D eigenvalue weighted by molar-refractivity contribution is 0.0676. The Kier molecular flexibility index (Phi) is 5.28. The van der Waals surface area contributed by atoms with Gasteiger partial charge in [-0.25, -0.2) is 0 Å². The summed E-state index contributed by atoms with van der Waals surface area (Å²) < 4.78 is 0. The summed E-state index contributed by atoms with van der Waals surface area (Å²) >= 11 is 0. The number of amides is 1. The second-order valence-corrected chi connectivity index (χ2v) is 5.20. The van der Waals surface area contributed by atoms with E-state index >= 15 is 0 Å². The lowest BCUT2D eigenvalue weighted by atomic mass is 10.1. The van der Waals surface area contributed by atoms with Gasteiger partial charge in [-0.05, 0) is 31.4 Å². The van der Waals surface area contributed by atoms with Gasteiger partial charge in [-0.1, -0.05) is 19.9 Å². The Morgan fingerprint density at radius 3 is 2.39 bits per heavy atom. The van der Waals surface area contributed by atoms with Crippen LogP contribution in [-0.2, 0) is 6.54 Å². The van der Waals surface area contributed by atoms with Crippen molar-refractivity contribution in [1.82, 2.24) is 9.88 Å². The highest BCUT2D eigenvalue weighted by Crippen LogP contribution is 2.10. The molecule has 18 heavy (non-hydrogen) atoms. The molecule has 1 rings (SSSR count). The van der Waals surface area contributed by atoms with E-state index in [2.05, 4.69) is 18.8 Å². The minimum atomic E-state index is -0.0118. The number of nitrogens with zero attached hydrogens (tertiary/aromatic N) is 2. The number of aromatic nitrogens is 1. The van der Waals surface area contributed by atoms with Crippen LogP contribution in [0.1, 0.15) is 43.7 Å². The fourth-order valence-corrected chi connectivity index (χ4v) is 1.74. The SMILES string of the molecule is CC(C)CN(C(=O)c1ccc(CN)cn1)C(C)C. The number of hydrogen-bond donors (Lipinski definition) is 1. The van der Waals surface area contributed by atoms with Gasteiger partial charge in [-0.3, -0.25) is 9.78 Å². The first kappa shape index (κ1) is 14.6. The molecule has 0 saturated heterocycles. The maximum atomic E-state index is 12.4. The van der Waals surface area contributed by atoms with E-state index < -0.39 is 0 Å². The second kappa shape index (κ2) is 6.50. The normalized spacial score (nSPS) is 11.1. The molecule has 0 fully saturated rings. The van der Waals surface area contributed by atoms with E-state index in [1.54, 1.807) is 12.3 Å². The number of nitrogens with two attached hydrogens (primary N) is 1. The van der Waals surface area contributed by atoms with Crippen molar-refractivity contribution in [3.05, 3.63) is 29.6 Å². The third-order valence-corrected chi connectivity index (χ3v) is 2.73. The third kappa shape index (κ3) is 3.81. The fraction of sp³-hybridized carbons (Fsp3) is 0.571. The summed E-state index contributed by atoms with van der Waals surface area (Å²) in [5.41, 5.74) is 6.94. The maximum Gasteiger partial charge on any atom is 0.272 e. The highest BCUT2D eigenvalue weighted by atomic mass is 16.2. The summed E-state index contributed by atoms with van der Waals surface area (Å²) in [4.78, 5) is 18.4. The van der Waals surface area contributed by atoms with E-state index in [0.29, 0.717) is 18.2 Å². The predicted octanol–water partition coefficient (Wildman–Crippen LogP) is 2.05. The van der Waals surface area contributed by atoms with Crippen molar-refractivity contribution in [2.24, 2.45) is 11.7 Å². The van der Waals surface area contributed by atoms with Crippen LogP contribution in [0.25, 0.3) is 0 Å². The van der Waals surface area contributed by atoms with E-state index in [1.165, 1.54) is 0 Å². The minimum Gasteiger partial charge on any atom is -0.335 e. The molecule has 0 spiro atoms. The van der Waals surface area contributed by atoms with Gasteiger partial charge in [0.25, 0.3) is 5.91 Å². The van der Waals surface area contributed by atoms with Crippen molar-refractivity contribution < 1.29 is 4.79 Å². The molecule has 1 aromatic rings. The standard InChI is InChI=1S/C14H23N3O/c1-10(2)9-17(11(3)4)14(18)13-6-5-12(7-15)8-16-13/h5-6,8,10-11H,7,9,15H2,1-4H3. The van der Waals surface area contributed by atoms with Crippen LogP contribution in [0.3, 0.4) is 0 Å². The quantitative estimate of drug-likeness (QED) is 0.868. The van der Waals surface area contributed by atoms with Crippen molar-refractivity contribution in [3.63, 3.8) is 0 Å². The van der Waals surface area contributed by atoms with Crippen LogP contribution in [0.5, 0.6) is 0 Å². The first-order chi connectivity index (χ1) is 8.45. The van der Waals surface area contributed by atoms with Crippen molar-refractivity contribution >= 4 is 5.91 Å². The monoisotopic (exact) mass is 249 g/mol. The van der Waals surface area contributed by atoms with Gasteiger partial charge in [0.05, 0.1) is 0 Å². The zero-order chi connectivity index (χ0) is 13.7. The van der Waals surface area contributed by atoms with Crippen molar-refractivity contribution in [2.45, 2.75) is 40.3 Å². The van der Waals surface area contributed by atoms with E-state index in [9.17, 15) is 4.79 Å². The molecule has 0 aliphatic rings. The van der Waals surface area contributed by atoms with Gasteiger partial charge in [0, 0.05) is 25.3 Å². The van der Waals surface area contributed by atoms with Gasteiger partial charge >= 0.3 is 0 Å². The molecule has 0 bridgehead atoms. The Labute approximate surface area is 109 Å². The van der Waals surface area contributed by atoms with Gasteiger partial charge in [0.15, 0.2) is 0 Å². The van der Waals surface area contributed by atoms with Crippen LogP contribution < -0.4 is 5.73 Å². The van der Waals surface area contributed by atoms with Gasteiger partial charge in [0.2, 0.25) is 0 Å². The van der Waals surface area contributed by atoms with E-state index in [0.717, 1.165) is 12.1 Å². The first-order valence-electron chi connectivity index (χ1n) is 6.41. The van der Waals surface area contributed by atoms with Crippen molar-refractivity contribution in [1.29, 1.82) is 0 Å². The minimum absolute atomic E-state index is 0.0118. The highest BCUT2D eigenvalue weighted by molar-refractivity contribution is 5.92. The summed E-state index contributed by atoms with van der Waals surface area (Å²) in [6, 6.07) is 3.78. The molecule has 1 aromatic heterocycles. The number of pyridine rings is 1. The maximum absolute atomic E-state index is 12.4. The van der Waals surface area contributed by atoms with Crippen LogP contribution in [0.15, 0.2) is 18.3 Å². The lowest BCUT2D eigenvalue weighted by Crippen LogP contribution is -2.39. The Balaban J connectivity index is 2.87. The molecule has 0 unspecified atom stereocenters. The van der Waals surface area contributed by atoms with E-state index in [-0.39, 0.29) is 11.9 Å². The van der Waals surface area contributed by atoms with E-state index in [4.69, 9.17) is 5.73 Å². The average Bonchev–Trinajstić information content (AvgIpc) is 2.34. The van der Waals surface area contributed by atoms with Gasteiger partial charge in [-0.15, -0.1) is 0 Å². The molecule has 0 atom stereocenters. The second-order valence-electron chi connectivity index (χ2n) is 5.20. The highest BCUT2D eigenvalue weighted by Gasteiger charge is 2.20. The number of carbonyl (C=O) groups is 1. The molecule has 4 nitrogen and oxygen atoms in total. The van der Waals surface area contributed by atoms with Gasteiger partial charge in [-0.2, -0.15) is 0 Å². The zero-order valence-corrected chi connectivity index (χ0v) is 11.7. The molecular formula is C14H23N3O. The summed E-state index contributed by atoms with van der Waals surface area (Å²) in [6.07, 6.45) is 1.67. The largest absolute Gasteiger partial charge is 0.335 e. The smallest absolute Gasteiger partial charge is 0.272 e.